The molecule has 0 bridgehead atoms. The fraction of sp³-hybridized carbons (Fsp3) is 0.269. The third kappa shape index (κ3) is 5.53. The molecule has 1 aliphatic carbocycles. The molecular weight excluding hydrogens is 402 g/mol. The summed E-state index contributed by atoms with van der Waals surface area (Å²) in [7, 11) is 0. The van der Waals surface area contributed by atoms with Gasteiger partial charge in [-0.25, -0.2) is 4.98 Å². The molecule has 31 heavy (non-hydrogen) atoms. The highest BCUT2D eigenvalue weighted by Gasteiger charge is 2.23. The Morgan fingerprint density at radius 1 is 1.13 bits per heavy atom. The average molecular weight is 428 g/mol. The maximum atomic E-state index is 12.3. The van der Waals surface area contributed by atoms with Crippen LogP contribution in [0.15, 0.2) is 71.8 Å². The highest BCUT2D eigenvalue weighted by Crippen LogP contribution is 2.34. The van der Waals surface area contributed by atoms with Crippen LogP contribution in [0.1, 0.15) is 40.3 Å². The van der Waals surface area contributed by atoms with Crippen molar-refractivity contribution >= 4 is 17.7 Å². The van der Waals surface area contributed by atoms with E-state index in [1.165, 1.54) is 22.9 Å². The van der Waals surface area contributed by atoms with Crippen LogP contribution in [-0.4, -0.2) is 23.2 Å². The number of aryl methyl sites for hydroxylation is 1. The second-order valence-corrected chi connectivity index (χ2v) is 8.75. The van der Waals surface area contributed by atoms with Crippen molar-refractivity contribution < 1.29 is 4.79 Å². The number of nitrogens with zero attached hydrogens (tertiary/aromatic N) is 2. The quantitative estimate of drug-likeness (QED) is 0.556. The van der Waals surface area contributed by atoms with Crippen LogP contribution in [0.25, 0.3) is 0 Å². The molecule has 1 aliphatic rings. The van der Waals surface area contributed by atoms with Crippen LogP contribution in [0, 0.1) is 11.3 Å². The van der Waals surface area contributed by atoms with Crippen molar-refractivity contribution in [1.82, 2.24) is 10.3 Å². The molecule has 1 N–H and O–H groups in total. The summed E-state index contributed by atoms with van der Waals surface area (Å²) in [6, 6.07) is 24.9. The number of aromatic nitrogens is 1. The number of thioether (sulfide) groups is 1. The molecule has 5 heteroatoms. The van der Waals surface area contributed by atoms with Crippen molar-refractivity contribution in [3.05, 3.63) is 94.7 Å². The van der Waals surface area contributed by atoms with Crippen molar-refractivity contribution in [2.75, 3.05) is 12.3 Å². The number of fused-ring (bicyclic) bond motifs is 1. The standard InChI is InChI=1S/C26H25N3OS/c27-17-23-16-22-15-21(20-9-5-2-6-10-20)11-12-24(22)29-26(23)31-18-25(30)28-14-13-19-7-3-1-4-8-19/h1-10,16,21H,11-15,18H2,(H,28,30)/t21-/m1/s1. The highest BCUT2D eigenvalue weighted by atomic mass is 32.2. The van der Waals surface area contributed by atoms with Gasteiger partial charge in [-0.1, -0.05) is 72.4 Å². The van der Waals surface area contributed by atoms with Gasteiger partial charge in [-0.15, -0.1) is 0 Å². The minimum Gasteiger partial charge on any atom is -0.355 e. The summed E-state index contributed by atoms with van der Waals surface area (Å²) in [6.45, 7) is 0.604. The molecule has 4 nitrogen and oxygen atoms in total. The van der Waals surface area contributed by atoms with Gasteiger partial charge in [-0.3, -0.25) is 4.79 Å². The lowest BCUT2D eigenvalue weighted by Gasteiger charge is -2.25. The summed E-state index contributed by atoms with van der Waals surface area (Å²) in [5.74, 6) is 0.700. The number of nitriles is 1. The zero-order valence-corrected chi connectivity index (χ0v) is 18.2. The van der Waals surface area contributed by atoms with Gasteiger partial charge >= 0.3 is 0 Å². The maximum absolute atomic E-state index is 12.3. The molecule has 1 heterocycles. The molecule has 3 aromatic rings. The molecule has 0 unspecified atom stereocenters. The first-order valence-electron chi connectivity index (χ1n) is 10.6. The van der Waals surface area contributed by atoms with E-state index in [4.69, 9.17) is 4.98 Å². The van der Waals surface area contributed by atoms with E-state index < -0.39 is 0 Å². The molecule has 1 atom stereocenters. The smallest absolute Gasteiger partial charge is 0.230 e. The number of carbonyl (C=O) groups is 1. The molecule has 156 valence electrons. The van der Waals surface area contributed by atoms with Crippen LogP contribution in [0.3, 0.4) is 0 Å². The minimum atomic E-state index is -0.0338. The first-order valence-corrected chi connectivity index (χ1v) is 11.6. The van der Waals surface area contributed by atoms with E-state index in [-0.39, 0.29) is 11.7 Å². The fourth-order valence-corrected chi connectivity index (χ4v) is 4.83. The summed E-state index contributed by atoms with van der Waals surface area (Å²) in [5, 5.41) is 13.3. The van der Waals surface area contributed by atoms with Crippen molar-refractivity contribution in [3.63, 3.8) is 0 Å². The zero-order chi connectivity index (χ0) is 21.5. The maximum Gasteiger partial charge on any atom is 0.230 e. The second-order valence-electron chi connectivity index (χ2n) is 7.78. The first kappa shape index (κ1) is 21.1. The fourth-order valence-electron chi connectivity index (χ4n) is 4.02. The van der Waals surface area contributed by atoms with Gasteiger partial charge < -0.3 is 5.32 Å². The molecule has 0 radical (unpaired) electrons. The Hall–Kier alpha value is -3.10. The SMILES string of the molecule is N#Cc1cc2c(nc1SCC(=O)NCCc1ccccc1)CC[C@@H](c1ccccc1)C2. The number of pyridine rings is 1. The Labute approximate surface area is 187 Å². The van der Waals surface area contributed by atoms with Gasteiger partial charge in [0.25, 0.3) is 0 Å². The van der Waals surface area contributed by atoms with E-state index in [0.29, 0.717) is 23.1 Å². The van der Waals surface area contributed by atoms with Crippen LogP contribution in [0.5, 0.6) is 0 Å². The Bertz CT molecular complexity index is 1080. The van der Waals surface area contributed by atoms with Crippen LogP contribution in [-0.2, 0) is 24.1 Å². The Kier molecular flexibility index (Phi) is 7.01. The van der Waals surface area contributed by atoms with E-state index in [1.54, 1.807) is 0 Å². The van der Waals surface area contributed by atoms with Gasteiger partial charge in [0.2, 0.25) is 5.91 Å². The second kappa shape index (κ2) is 10.3. The lowest BCUT2D eigenvalue weighted by Crippen LogP contribution is -2.27. The Morgan fingerprint density at radius 2 is 1.87 bits per heavy atom. The molecule has 0 aliphatic heterocycles. The number of nitrogens with one attached hydrogen (secondary N) is 1. The van der Waals surface area contributed by atoms with Gasteiger partial charge in [-0.2, -0.15) is 5.26 Å². The summed E-state index contributed by atoms with van der Waals surface area (Å²) in [6.07, 6.45) is 3.67. The van der Waals surface area contributed by atoms with Gasteiger partial charge in [-0.05, 0) is 54.4 Å². The number of carbonyl (C=O) groups excluding carboxylic acids is 1. The molecule has 0 spiro atoms. The number of amides is 1. The average Bonchev–Trinajstić information content (AvgIpc) is 2.83. The van der Waals surface area contributed by atoms with Crippen molar-refractivity contribution in [2.45, 2.75) is 36.6 Å². The van der Waals surface area contributed by atoms with Crippen molar-refractivity contribution in [2.24, 2.45) is 0 Å². The first-order chi connectivity index (χ1) is 15.2. The zero-order valence-electron chi connectivity index (χ0n) is 17.4. The third-order valence-electron chi connectivity index (χ3n) is 5.66. The summed E-state index contributed by atoms with van der Waals surface area (Å²) >= 11 is 1.35. The molecule has 0 fully saturated rings. The topological polar surface area (TPSA) is 65.8 Å². The predicted octanol–water partition coefficient (Wildman–Crippen LogP) is 4.68. The summed E-state index contributed by atoms with van der Waals surface area (Å²) in [4.78, 5) is 17.0. The van der Waals surface area contributed by atoms with E-state index in [2.05, 4.69) is 47.8 Å². The molecule has 1 aromatic heterocycles. The van der Waals surface area contributed by atoms with Gasteiger partial charge in [0.15, 0.2) is 0 Å². The predicted molar refractivity (Wildman–Crippen MR) is 124 cm³/mol. The monoisotopic (exact) mass is 427 g/mol. The Morgan fingerprint density at radius 3 is 2.61 bits per heavy atom. The highest BCUT2D eigenvalue weighted by molar-refractivity contribution is 8.00. The lowest BCUT2D eigenvalue weighted by atomic mass is 9.82. The van der Waals surface area contributed by atoms with Gasteiger partial charge in [0.05, 0.1) is 11.3 Å². The minimum absolute atomic E-state index is 0.0338. The summed E-state index contributed by atoms with van der Waals surface area (Å²) in [5.41, 5.74) is 5.34. The largest absolute Gasteiger partial charge is 0.355 e. The number of rotatable bonds is 7. The molecule has 4 rings (SSSR count). The van der Waals surface area contributed by atoms with E-state index >= 15 is 0 Å². The van der Waals surface area contributed by atoms with Crippen LogP contribution < -0.4 is 5.32 Å². The molecule has 0 saturated carbocycles. The Balaban J connectivity index is 1.35. The summed E-state index contributed by atoms with van der Waals surface area (Å²) < 4.78 is 0. The molecular formula is C26H25N3OS. The molecule has 1 amide bonds. The van der Waals surface area contributed by atoms with Gasteiger partial charge in [0, 0.05) is 12.2 Å². The van der Waals surface area contributed by atoms with E-state index in [0.717, 1.165) is 36.9 Å². The molecule has 0 saturated heterocycles. The van der Waals surface area contributed by atoms with Crippen molar-refractivity contribution in [3.8, 4) is 6.07 Å². The van der Waals surface area contributed by atoms with Crippen LogP contribution >= 0.6 is 11.8 Å². The van der Waals surface area contributed by atoms with Gasteiger partial charge in [0.1, 0.15) is 11.1 Å². The molecule has 2 aromatic carbocycles. The number of hydrogen-bond acceptors (Lipinski definition) is 4. The van der Waals surface area contributed by atoms with Crippen LogP contribution in [0.4, 0.5) is 0 Å². The third-order valence-corrected chi connectivity index (χ3v) is 6.65. The van der Waals surface area contributed by atoms with E-state index in [9.17, 15) is 10.1 Å². The van der Waals surface area contributed by atoms with Crippen LogP contribution in [0.2, 0.25) is 0 Å². The number of benzene rings is 2. The lowest BCUT2D eigenvalue weighted by molar-refractivity contribution is -0.118. The normalized spacial score (nSPS) is 15.0. The van der Waals surface area contributed by atoms with Crippen molar-refractivity contribution in [1.29, 1.82) is 5.26 Å². The number of hydrogen-bond donors (Lipinski definition) is 1. The van der Waals surface area contributed by atoms with E-state index in [1.807, 2.05) is 30.3 Å².